The molecule has 1 unspecified atom stereocenters. The Morgan fingerprint density at radius 1 is 1.70 bits per heavy atom. The molecule has 0 bridgehead atoms. The average Bonchev–Trinajstić information content (AvgIpc) is 1.87. The van der Waals surface area contributed by atoms with Crippen LogP contribution >= 0.6 is 11.8 Å². The molecule has 1 amide bonds. The molecule has 0 heterocycles. The van der Waals surface area contributed by atoms with E-state index in [1.807, 2.05) is 0 Å². The van der Waals surface area contributed by atoms with Crippen LogP contribution in [0.15, 0.2) is 0 Å². The van der Waals surface area contributed by atoms with Crippen LogP contribution in [0.2, 0.25) is 0 Å². The standard InChI is InChI=1S/C5H11NO3S/c6-5(9)3-10-2-4(8)1-7/h4,7-8H,1-3H2,(H2,6,9). The van der Waals surface area contributed by atoms with Gasteiger partial charge in [0.25, 0.3) is 0 Å². The summed E-state index contributed by atoms with van der Waals surface area (Å²) in [6, 6.07) is 0. The quantitative estimate of drug-likeness (QED) is 0.466. The summed E-state index contributed by atoms with van der Waals surface area (Å²) in [7, 11) is 0. The van der Waals surface area contributed by atoms with Crippen molar-refractivity contribution in [1.29, 1.82) is 0 Å². The van der Waals surface area contributed by atoms with Gasteiger partial charge in [0.2, 0.25) is 5.91 Å². The molecule has 0 aromatic carbocycles. The summed E-state index contributed by atoms with van der Waals surface area (Å²) in [5.41, 5.74) is 4.82. The van der Waals surface area contributed by atoms with E-state index in [4.69, 9.17) is 15.9 Å². The molecule has 0 aliphatic heterocycles. The summed E-state index contributed by atoms with van der Waals surface area (Å²) in [6.07, 6.45) is -0.746. The summed E-state index contributed by atoms with van der Waals surface area (Å²) < 4.78 is 0. The SMILES string of the molecule is NC(=O)CSCC(O)CO. The second-order valence-corrected chi connectivity index (χ2v) is 2.85. The van der Waals surface area contributed by atoms with E-state index in [-0.39, 0.29) is 12.4 Å². The molecule has 0 aromatic rings. The van der Waals surface area contributed by atoms with Gasteiger partial charge in [0.1, 0.15) is 0 Å². The fraction of sp³-hybridized carbons (Fsp3) is 0.800. The lowest BCUT2D eigenvalue weighted by atomic mass is 10.4. The molecule has 10 heavy (non-hydrogen) atoms. The largest absolute Gasteiger partial charge is 0.394 e. The second-order valence-electron chi connectivity index (χ2n) is 1.82. The summed E-state index contributed by atoms with van der Waals surface area (Å²) >= 11 is 1.21. The van der Waals surface area contributed by atoms with Crippen LogP contribution in [0.5, 0.6) is 0 Å². The Morgan fingerprint density at radius 3 is 2.70 bits per heavy atom. The number of nitrogens with two attached hydrogens (primary N) is 1. The van der Waals surface area contributed by atoms with Gasteiger partial charge in [0, 0.05) is 5.75 Å². The molecular weight excluding hydrogens is 154 g/mol. The zero-order chi connectivity index (χ0) is 7.98. The van der Waals surface area contributed by atoms with Crippen LogP contribution in [0.3, 0.4) is 0 Å². The van der Waals surface area contributed by atoms with Crippen LogP contribution in [0.1, 0.15) is 0 Å². The first-order chi connectivity index (χ1) is 4.66. The summed E-state index contributed by atoms with van der Waals surface area (Å²) in [6.45, 7) is -0.272. The van der Waals surface area contributed by atoms with Crippen molar-refractivity contribution in [2.45, 2.75) is 6.10 Å². The molecule has 5 heteroatoms. The lowest BCUT2D eigenvalue weighted by Crippen LogP contribution is -2.18. The van der Waals surface area contributed by atoms with E-state index < -0.39 is 12.0 Å². The molecule has 0 fully saturated rings. The van der Waals surface area contributed by atoms with Gasteiger partial charge in [-0.2, -0.15) is 0 Å². The number of carbonyl (C=O) groups is 1. The highest BCUT2D eigenvalue weighted by Gasteiger charge is 2.02. The summed E-state index contributed by atoms with van der Waals surface area (Å²) in [5.74, 6) is 0.131. The monoisotopic (exact) mass is 165 g/mol. The topological polar surface area (TPSA) is 83.6 Å². The Balaban J connectivity index is 3.11. The fourth-order valence-electron chi connectivity index (χ4n) is 0.348. The van der Waals surface area contributed by atoms with E-state index in [0.717, 1.165) is 0 Å². The Kier molecular flexibility index (Phi) is 5.38. The third-order valence-electron chi connectivity index (χ3n) is 0.765. The lowest BCUT2D eigenvalue weighted by Gasteiger charge is -2.03. The molecule has 4 nitrogen and oxygen atoms in total. The molecule has 1 atom stereocenters. The summed E-state index contributed by atoms with van der Waals surface area (Å²) in [4.78, 5) is 10.1. The third-order valence-corrected chi connectivity index (χ3v) is 1.87. The smallest absolute Gasteiger partial charge is 0.227 e. The number of carbonyl (C=O) groups excluding carboxylic acids is 1. The lowest BCUT2D eigenvalue weighted by molar-refractivity contribution is -0.115. The van der Waals surface area contributed by atoms with Crippen molar-refractivity contribution in [3.8, 4) is 0 Å². The Morgan fingerprint density at radius 2 is 2.30 bits per heavy atom. The van der Waals surface area contributed by atoms with Crippen molar-refractivity contribution in [3.63, 3.8) is 0 Å². The van der Waals surface area contributed by atoms with Gasteiger partial charge >= 0.3 is 0 Å². The van der Waals surface area contributed by atoms with Crippen molar-refractivity contribution in [2.75, 3.05) is 18.1 Å². The van der Waals surface area contributed by atoms with Crippen LogP contribution < -0.4 is 5.73 Å². The van der Waals surface area contributed by atoms with E-state index in [1.165, 1.54) is 11.8 Å². The fourth-order valence-corrected chi connectivity index (χ4v) is 1.04. The molecule has 60 valence electrons. The number of rotatable bonds is 5. The average molecular weight is 165 g/mol. The molecule has 0 saturated heterocycles. The second kappa shape index (κ2) is 5.52. The number of aliphatic hydroxyl groups excluding tert-OH is 2. The van der Waals surface area contributed by atoms with Crippen LogP contribution in [0.4, 0.5) is 0 Å². The highest BCUT2D eigenvalue weighted by Crippen LogP contribution is 2.00. The Hall–Kier alpha value is -0.260. The number of hydrogen-bond acceptors (Lipinski definition) is 4. The molecule has 0 saturated carbocycles. The molecule has 4 N–H and O–H groups in total. The minimum atomic E-state index is -0.746. The van der Waals surface area contributed by atoms with E-state index in [1.54, 1.807) is 0 Å². The predicted molar refractivity (Wildman–Crippen MR) is 39.6 cm³/mol. The number of primary amides is 1. The number of aliphatic hydroxyl groups is 2. The van der Waals surface area contributed by atoms with E-state index >= 15 is 0 Å². The summed E-state index contributed by atoms with van der Waals surface area (Å²) in [5, 5.41) is 17.1. The Bertz CT molecular complexity index is 109. The minimum absolute atomic E-state index is 0.192. The maximum Gasteiger partial charge on any atom is 0.227 e. The highest BCUT2D eigenvalue weighted by atomic mass is 32.2. The molecule has 0 radical (unpaired) electrons. The molecule has 0 spiro atoms. The Labute approximate surface area is 63.4 Å². The van der Waals surface area contributed by atoms with Gasteiger partial charge < -0.3 is 15.9 Å². The van der Waals surface area contributed by atoms with Gasteiger partial charge in [0.05, 0.1) is 18.5 Å². The van der Waals surface area contributed by atoms with Gasteiger partial charge in [0.15, 0.2) is 0 Å². The van der Waals surface area contributed by atoms with Gasteiger partial charge in [-0.1, -0.05) is 0 Å². The van der Waals surface area contributed by atoms with E-state index in [2.05, 4.69) is 0 Å². The normalized spacial score (nSPS) is 13.0. The van der Waals surface area contributed by atoms with Crippen molar-refractivity contribution < 1.29 is 15.0 Å². The van der Waals surface area contributed by atoms with Gasteiger partial charge in [-0.05, 0) is 0 Å². The predicted octanol–water partition coefficient (Wildman–Crippen LogP) is -1.44. The third kappa shape index (κ3) is 5.87. The molecular formula is C5H11NO3S. The van der Waals surface area contributed by atoms with Crippen LogP contribution in [-0.2, 0) is 4.79 Å². The zero-order valence-corrected chi connectivity index (χ0v) is 6.30. The molecule has 0 aromatic heterocycles. The first-order valence-corrected chi connectivity index (χ1v) is 3.97. The first kappa shape index (κ1) is 9.74. The molecule has 0 aliphatic rings. The van der Waals surface area contributed by atoms with Crippen LogP contribution in [-0.4, -0.2) is 40.3 Å². The van der Waals surface area contributed by atoms with E-state index in [9.17, 15) is 4.79 Å². The minimum Gasteiger partial charge on any atom is -0.394 e. The molecule has 0 rings (SSSR count). The number of hydrogen-bond donors (Lipinski definition) is 3. The van der Waals surface area contributed by atoms with Crippen molar-refractivity contribution in [2.24, 2.45) is 5.73 Å². The van der Waals surface area contributed by atoms with Crippen molar-refractivity contribution in [1.82, 2.24) is 0 Å². The first-order valence-electron chi connectivity index (χ1n) is 2.81. The van der Waals surface area contributed by atoms with Crippen LogP contribution in [0.25, 0.3) is 0 Å². The van der Waals surface area contributed by atoms with Crippen molar-refractivity contribution >= 4 is 17.7 Å². The molecule has 0 aliphatic carbocycles. The van der Waals surface area contributed by atoms with Crippen LogP contribution in [0, 0.1) is 0 Å². The maximum absolute atomic E-state index is 10.1. The van der Waals surface area contributed by atoms with Gasteiger partial charge in [-0.15, -0.1) is 11.8 Å². The van der Waals surface area contributed by atoms with Crippen molar-refractivity contribution in [3.05, 3.63) is 0 Å². The maximum atomic E-state index is 10.1. The highest BCUT2D eigenvalue weighted by molar-refractivity contribution is 7.99. The number of amides is 1. The zero-order valence-electron chi connectivity index (χ0n) is 5.49. The van der Waals surface area contributed by atoms with Gasteiger partial charge in [-0.3, -0.25) is 4.79 Å². The van der Waals surface area contributed by atoms with E-state index in [0.29, 0.717) is 5.75 Å². The number of thioether (sulfide) groups is 1. The van der Waals surface area contributed by atoms with Gasteiger partial charge in [-0.25, -0.2) is 0 Å².